The lowest BCUT2D eigenvalue weighted by atomic mass is 10.2. The monoisotopic (exact) mass is 388 g/mol. The smallest absolute Gasteiger partial charge is 0.247 e. The van der Waals surface area contributed by atoms with Gasteiger partial charge in [0.25, 0.3) is 0 Å². The average molecular weight is 388 g/mol. The Morgan fingerprint density at radius 2 is 1.93 bits per heavy atom. The van der Waals surface area contributed by atoms with E-state index in [-0.39, 0.29) is 17.5 Å². The fourth-order valence-electron chi connectivity index (χ4n) is 3.63. The summed E-state index contributed by atoms with van der Waals surface area (Å²) in [7, 11) is -1.14. The Kier molecular flexibility index (Phi) is 4.86. The number of hydrogen-bond acceptors (Lipinski definition) is 8. The standard InChI is InChI=1S/C18H24N6O2S/c1-23(16-8-11-27(25,26)13-16)18-21-17(12-19-22-18)20-14-4-6-15(7-5-14)24-9-2-3-10-24/h4-7,12,16H,2-3,8-11,13H2,1H3,(H,20,21,22). The van der Waals surface area contributed by atoms with Gasteiger partial charge in [-0.25, -0.2) is 8.42 Å². The van der Waals surface area contributed by atoms with Crippen LogP contribution in [0, 0.1) is 0 Å². The molecule has 1 aromatic carbocycles. The molecule has 0 aliphatic carbocycles. The fraction of sp³-hybridized carbons (Fsp3) is 0.500. The van der Waals surface area contributed by atoms with Crippen LogP contribution in [0.4, 0.5) is 23.1 Å². The minimum Gasteiger partial charge on any atom is -0.372 e. The van der Waals surface area contributed by atoms with Crippen LogP contribution in [-0.2, 0) is 9.84 Å². The lowest BCUT2D eigenvalue weighted by Gasteiger charge is -2.23. The summed E-state index contributed by atoms with van der Waals surface area (Å²) < 4.78 is 23.4. The molecule has 4 rings (SSSR count). The molecule has 8 nitrogen and oxygen atoms in total. The number of sulfone groups is 1. The summed E-state index contributed by atoms with van der Waals surface area (Å²) in [4.78, 5) is 8.69. The highest BCUT2D eigenvalue weighted by atomic mass is 32.2. The first kappa shape index (κ1) is 18.0. The van der Waals surface area contributed by atoms with Crippen molar-refractivity contribution in [1.82, 2.24) is 15.2 Å². The zero-order valence-corrected chi connectivity index (χ0v) is 16.2. The molecule has 2 fully saturated rings. The van der Waals surface area contributed by atoms with Crippen LogP contribution in [0.25, 0.3) is 0 Å². The molecule has 2 aliphatic heterocycles. The number of hydrogen-bond donors (Lipinski definition) is 1. The number of aromatic nitrogens is 3. The fourth-order valence-corrected chi connectivity index (χ4v) is 5.40. The van der Waals surface area contributed by atoms with Gasteiger partial charge in [0.05, 0.1) is 17.7 Å². The first-order valence-electron chi connectivity index (χ1n) is 9.25. The van der Waals surface area contributed by atoms with E-state index in [9.17, 15) is 8.42 Å². The van der Waals surface area contributed by atoms with Crippen LogP contribution in [0.3, 0.4) is 0 Å². The van der Waals surface area contributed by atoms with Gasteiger partial charge in [0.1, 0.15) is 0 Å². The second-order valence-electron chi connectivity index (χ2n) is 7.18. The van der Waals surface area contributed by atoms with E-state index in [1.54, 1.807) is 11.1 Å². The highest BCUT2D eigenvalue weighted by Crippen LogP contribution is 2.24. The van der Waals surface area contributed by atoms with Gasteiger partial charge < -0.3 is 15.1 Å². The van der Waals surface area contributed by atoms with Crippen LogP contribution in [-0.4, -0.2) is 61.3 Å². The van der Waals surface area contributed by atoms with Crippen LogP contribution in [0.2, 0.25) is 0 Å². The Balaban J connectivity index is 1.44. The molecule has 2 saturated heterocycles. The summed E-state index contributed by atoms with van der Waals surface area (Å²) in [5.41, 5.74) is 2.16. The molecule has 0 radical (unpaired) electrons. The minimum atomic E-state index is -2.96. The Labute approximate surface area is 159 Å². The lowest BCUT2D eigenvalue weighted by Crippen LogP contribution is -2.34. The number of nitrogens with zero attached hydrogens (tertiary/aromatic N) is 5. The molecule has 144 valence electrons. The molecule has 0 saturated carbocycles. The summed E-state index contributed by atoms with van der Waals surface area (Å²) >= 11 is 0. The van der Waals surface area contributed by atoms with E-state index in [1.807, 2.05) is 19.2 Å². The molecule has 0 spiro atoms. The molecule has 2 aromatic rings. The number of anilines is 4. The highest BCUT2D eigenvalue weighted by Gasteiger charge is 2.32. The van der Waals surface area contributed by atoms with E-state index in [0.717, 1.165) is 18.8 Å². The third kappa shape index (κ3) is 4.13. The number of benzene rings is 1. The van der Waals surface area contributed by atoms with Crippen LogP contribution in [0.1, 0.15) is 19.3 Å². The highest BCUT2D eigenvalue weighted by molar-refractivity contribution is 7.91. The van der Waals surface area contributed by atoms with E-state index in [2.05, 4.69) is 37.5 Å². The maximum absolute atomic E-state index is 11.7. The molecule has 0 bridgehead atoms. The Bertz CT molecular complexity index is 896. The number of nitrogens with one attached hydrogen (secondary N) is 1. The molecule has 27 heavy (non-hydrogen) atoms. The minimum absolute atomic E-state index is 0.105. The van der Waals surface area contributed by atoms with Gasteiger partial charge in [0.2, 0.25) is 5.95 Å². The maximum atomic E-state index is 11.7. The first-order chi connectivity index (χ1) is 13.0. The molecule has 9 heteroatoms. The van der Waals surface area contributed by atoms with Gasteiger partial charge in [-0.1, -0.05) is 0 Å². The van der Waals surface area contributed by atoms with Crippen molar-refractivity contribution in [2.24, 2.45) is 0 Å². The molecular weight excluding hydrogens is 364 g/mol. The molecule has 3 heterocycles. The van der Waals surface area contributed by atoms with Gasteiger partial charge >= 0.3 is 0 Å². The van der Waals surface area contributed by atoms with Crippen molar-refractivity contribution in [3.8, 4) is 0 Å². The Hall–Kier alpha value is -2.42. The van der Waals surface area contributed by atoms with Crippen molar-refractivity contribution >= 4 is 33.0 Å². The number of rotatable bonds is 5. The van der Waals surface area contributed by atoms with Gasteiger partial charge in [-0.15, -0.1) is 5.10 Å². The largest absolute Gasteiger partial charge is 0.372 e. The Morgan fingerprint density at radius 3 is 2.59 bits per heavy atom. The zero-order valence-electron chi connectivity index (χ0n) is 15.4. The van der Waals surface area contributed by atoms with E-state index in [0.29, 0.717) is 18.2 Å². The van der Waals surface area contributed by atoms with Gasteiger partial charge in [0, 0.05) is 37.6 Å². The second kappa shape index (κ2) is 7.30. The summed E-state index contributed by atoms with van der Waals surface area (Å²) in [6.07, 6.45) is 4.67. The van der Waals surface area contributed by atoms with Gasteiger partial charge in [-0.2, -0.15) is 10.1 Å². The summed E-state index contributed by atoms with van der Waals surface area (Å²) in [5.74, 6) is 1.37. The summed E-state index contributed by atoms with van der Waals surface area (Å²) in [6, 6.07) is 8.18. The molecule has 1 unspecified atom stereocenters. The van der Waals surface area contributed by atoms with Crippen LogP contribution in [0.5, 0.6) is 0 Å². The lowest BCUT2D eigenvalue weighted by molar-refractivity contribution is 0.600. The predicted molar refractivity (Wildman–Crippen MR) is 106 cm³/mol. The zero-order chi connectivity index (χ0) is 18.9. The van der Waals surface area contributed by atoms with E-state index >= 15 is 0 Å². The van der Waals surface area contributed by atoms with Gasteiger partial charge in [-0.05, 0) is 43.5 Å². The van der Waals surface area contributed by atoms with Crippen molar-refractivity contribution in [2.75, 3.05) is 46.8 Å². The van der Waals surface area contributed by atoms with Crippen molar-refractivity contribution in [1.29, 1.82) is 0 Å². The van der Waals surface area contributed by atoms with Crippen LogP contribution in [0.15, 0.2) is 30.5 Å². The summed E-state index contributed by atoms with van der Waals surface area (Å²) in [5, 5.41) is 11.3. The van der Waals surface area contributed by atoms with E-state index < -0.39 is 9.84 Å². The normalized spacial score (nSPS) is 21.4. The first-order valence-corrected chi connectivity index (χ1v) is 11.1. The van der Waals surface area contributed by atoms with Crippen molar-refractivity contribution in [3.63, 3.8) is 0 Å². The topological polar surface area (TPSA) is 91.3 Å². The predicted octanol–water partition coefficient (Wildman–Crippen LogP) is 1.84. The maximum Gasteiger partial charge on any atom is 0.247 e. The molecular formula is C18H24N6O2S. The average Bonchev–Trinajstić information content (AvgIpc) is 3.32. The summed E-state index contributed by atoms with van der Waals surface area (Å²) in [6.45, 7) is 2.24. The van der Waals surface area contributed by atoms with Crippen molar-refractivity contribution in [2.45, 2.75) is 25.3 Å². The van der Waals surface area contributed by atoms with E-state index in [1.165, 1.54) is 18.5 Å². The SMILES string of the molecule is CN(c1nncc(Nc2ccc(N3CCCC3)cc2)n1)C1CCS(=O)(=O)C1. The van der Waals surface area contributed by atoms with Crippen LogP contribution < -0.4 is 15.1 Å². The van der Waals surface area contributed by atoms with Crippen molar-refractivity contribution in [3.05, 3.63) is 30.5 Å². The van der Waals surface area contributed by atoms with Crippen LogP contribution >= 0.6 is 0 Å². The quantitative estimate of drug-likeness (QED) is 0.830. The third-order valence-corrected chi connectivity index (χ3v) is 6.98. The van der Waals surface area contributed by atoms with Gasteiger partial charge in [0.15, 0.2) is 15.7 Å². The molecule has 1 N–H and O–H groups in total. The van der Waals surface area contributed by atoms with E-state index in [4.69, 9.17) is 0 Å². The third-order valence-electron chi connectivity index (χ3n) is 5.23. The Morgan fingerprint density at radius 1 is 1.19 bits per heavy atom. The van der Waals surface area contributed by atoms with Crippen molar-refractivity contribution < 1.29 is 8.42 Å². The molecule has 0 amide bonds. The molecule has 2 aliphatic rings. The van der Waals surface area contributed by atoms with Gasteiger partial charge in [-0.3, -0.25) is 0 Å². The molecule has 1 atom stereocenters. The second-order valence-corrected chi connectivity index (χ2v) is 9.40. The molecule has 1 aromatic heterocycles.